The molecule has 19 heavy (non-hydrogen) atoms. The minimum absolute atomic E-state index is 0.165. The molecule has 5 heteroatoms. The van der Waals surface area contributed by atoms with Crippen LogP contribution in [0.15, 0.2) is 36.8 Å². The van der Waals surface area contributed by atoms with Gasteiger partial charge < -0.3 is 4.57 Å². The van der Waals surface area contributed by atoms with Gasteiger partial charge in [0.15, 0.2) is 0 Å². The number of hydrogen-bond donors (Lipinski definition) is 0. The fourth-order valence-electron chi connectivity index (χ4n) is 1.76. The number of Topliss-reactive ketones (excluding diaryl/α,β-unsaturated/α-hetero) is 1. The minimum atomic E-state index is -0.165. The van der Waals surface area contributed by atoms with Crippen molar-refractivity contribution in [2.45, 2.75) is 13.8 Å². The zero-order chi connectivity index (χ0) is 14.0. The molecule has 1 heterocycles. The molecule has 0 amide bonds. The van der Waals surface area contributed by atoms with Crippen LogP contribution in [0.3, 0.4) is 0 Å². The number of carbonyl (C=O) groups is 1. The van der Waals surface area contributed by atoms with Gasteiger partial charge in [0.25, 0.3) is 0 Å². The third kappa shape index (κ3) is 2.88. The van der Waals surface area contributed by atoms with E-state index in [-0.39, 0.29) is 5.78 Å². The fraction of sp³-hybridized carbons (Fsp3) is 0.143. The van der Waals surface area contributed by atoms with Crippen LogP contribution in [0.1, 0.15) is 23.0 Å². The van der Waals surface area contributed by atoms with Gasteiger partial charge in [0.1, 0.15) is 0 Å². The Morgan fingerprint density at radius 3 is 2.63 bits per heavy atom. The minimum Gasteiger partial charge on any atom is -0.303 e. The Bertz CT molecular complexity index is 659. The van der Waals surface area contributed by atoms with Gasteiger partial charge in [-0.05, 0) is 32.0 Å². The maximum atomic E-state index is 12.5. The van der Waals surface area contributed by atoms with E-state index in [9.17, 15) is 4.79 Å². The molecule has 2 rings (SSSR count). The highest BCUT2D eigenvalue weighted by Gasteiger charge is 2.16. The Hall–Kier alpha value is -1.58. The molecular formula is C14H12Cl2N2O. The Morgan fingerprint density at radius 1 is 1.37 bits per heavy atom. The maximum Gasteiger partial charge on any atom is 0.210 e. The van der Waals surface area contributed by atoms with Crippen LogP contribution in [0.2, 0.25) is 10.0 Å². The monoisotopic (exact) mass is 294 g/mol. The topological polar surface area (TPSA) is 34.9 Å². The highest BCUT2D eigenvalue weighted by Crippen LogP contribution is 2.24. The van der Waals surface area contributed by atoms with Crippen molar-refractivity contribution in [1.82, 2.24) is 9.55 Å². The quantitative estimate of drug-likeness (QED) is 0.627. The molecule has 0 saturated heterocycles. The van der Waals surface area contributed by atoms with Crippen LogP contribution in [-0.2, 0) is 0 Å². The van der Waals surface area contributed by atoms with Crippen LogP contribution in [0.4, 0.5) is 0 Å². The molecule has 0 aliphatic rings. The Kier molecular flexibility index (Phi) is 4.08. The molecule has 0 unspecified atom stereocenters. The van der Waals surface area contributed by atoms with Crippen molar-refractivity contribution in [1.29, 1.82) is 0 Å². The number of aryl methyl sites for hydroxylation is 1. The summed E-state index contributed by atoms with van der Waals surface area (Å²) in [6, 6.07) is 4.83. The molecule has 0 fully saturated rings. The number of aromatic nitrogens is 2. The Morgan fingerprint density at radius 2 is 2.11 bits per heavy atom. The first-order valence-corrected chi connectivity index (χ1v) is 6.45. The predicted molar refractivity (Wildman–Crippen MR) is 77.7 cm³/mol. The van der Waals surface area contributed by atoms with Crippen LogP contribution >= 0.6 is 23.2 Å². The lowest BCUT2D eigenvalue weighted by atomic mass is 10.1. The third-order valence-corrected chi connectivity index (χ3v) is 3.22. The number of benzene rings is 1. The van der Waals surface area contributed by atoms with Crippen molar-refractivity contribution in [3.63, 3.8) is 0 Å². The van der Waals surface area contributed by atoms with Crippen LogP contribution in [0, 0.1) is 6.92 Å². The van der Waals surface area contributed by atoms with E-state index in [1.165, 1.54) is 0 Å². The van der Waals surface area contributed by atoms with Crippen molar-refractivity contribution in [3.05, 3.63) is 58.1 Å². The van der Waals surface area contributed by atoms with Crippen molar-refractivity contribution in [2.24, 2.45) is 0 Å². The van der Waals surface area contributed by atoms with Gasteiger partial charge in [-0.15, -0.1) is 0 Å². The van der Waals surface area contributed by atoms with Crippen LogP contribution in [-0.4, -0.2) is 15.3 Å². The van der Waals surface area contributed by atoms with Crippen molar-refractivity contribution in [3.8, 4) is 0 Å². The summed E-state index contributed by atoms with van der Waals surface area (Å²) in [6.45, 7) is 3.66. The summed E-state index contributed by atoms with van der Waals surface area (Å²) in [5.74, 6) is -0.165. The number of ketones is 1. The average molecular weight is 295 g/mol. The van der Waals surface area contributed by atoms with Gasteiger partial charge in [0.05, 0.1) is 22.7 Å². The van der Waals surface area contributed by atoms with Crippen molar-refractivity contribution >= 4 is 34.7 Å². The van der Waals surface area contributed by atoms with Crippen LogP contribution in [0.25, 0.3) is 5.70 Å². The van der Waals surface area contributed by atoms with E-state index in [4.69, 9.17) is 23.2 Å². The highest BCUT2D eigenvalue weighted by atomic mass is 35.5. The molecule has 0 atom stereocenters. The van der Waals surface area contributed by atoms with E-state index in [1.807, 2.05) is 6.92 Å². The number of imidazole rings is 1. The molecule has 0 saturated carbocycles. The number of nitrogens with zero attached hydrogens (tertiary/aromatic N) is 2. The second-order valence-corrected chi connectivity index (χ2v) is 4.89. The molecule has 1 aromatic carbocycles. The van der Waals surface area contributed by atoms with E-state index < -0.39 is 0 Å². The normalized spacial score (nSPS) is 11.7. The summed E-state index contributed by atoms with van der Waals surface area (Å²) in [5, 5.41) is 0.843. The second-order valence-electron chi connectivity index (χ2n) is 4.05. The van der Waals surface area contributed by atoms with E-state index >= 15 is 0 Å². The van der Waals surface area contributed by atoms with E-state index in [1.54, 1.807) is 48.3 Å². The van der Waals surface area contributed by atoms with Gasteiger partial charge in [-0.25, -0.2) is 4.98 Å². The molecule has 0 N–H and O–H groups in total. The number of carbonyl (C=O) groups excluding carboxylic acids is 1. The average Bonchev–Trinajstić information content (AvgIpc) is 2.76. The molecular weight excluding hydrogens is 283 g/mol. The smallest absolute Gasteiger partial charge is 0.210 e. The summed E-state index contributed by atoms with van der Waals surface area (Å²) in [5.41, 5.74) is 1.77. The molecule has 0 aliphatic heterocycles. The molecule has 3 nitrogen and oxygen atoms in total. The zero-order valence-corrected chi connectivity index (χ0v) is 12.0. The second kappa shape index (κ2) is 5.59. The summed E-state index contributed by atoms with van der Waals surface area (Å²) >= 11 is 11.9. The van der Waals surface area contributed by atoms with Crippen LogP contribution < -0.4 is 0 Å². The Balaban J connectivity index is 2.42. The number of allylic oxidation sites excluding steroid dienone is 2. The number of hydrogen-bond acceptors (Lipinski definition) is 2. The lowest BCUT2D eigenvalue weighted by Gasteiger charge is -2.08. The van der Waals surface area contributed by atoms with Crippen molar-refractivity contribution < 1.29 is 4.79 Å². The fourth-order valence-corrected chi connectivity index (χ4v) is 2.26. The summed E-state index contributed by atoms with van der Waals surface area (Å²) in [4.78, 5) is 16.6. The number of rotatable bonds is 3. The first-order chi connectivity index (χ1) is 9.02. The first-order valence-electron chi connectivity index (χ1n) is 5.70. The predicted octanol–water partition coefficient (Wildman–Crippen LogP) is 4.24. The summed E-state index contributed by atoms with van der Waals surface area (Å²) in [7, 11) is 0. The lowest BCUT2D eigenvalue weighted by molar-refractivity contribution is 0.105. The van der Waals surface area contributed by atoms with Gasteiger partial charge in [-0.1, -0.05) is 29.3 Å². The van der Waals surface area contributed by atoms with Gasteiger partial charge >= 0.3 is 0 Å². The van der Waals surface area contributed by atoms with E-state index in [0.29, 0.717) is 21.3 Å². The highest BCUT2D eigenvalue weighted by molar-refractivity contribution is 6.39. The third-order valence-electron chi connectivity index (χ3n) is 2.67. The SMILES string of the molecule is C/C=C(\C(=O)c1ccc(Cl)cc1Cl)n1cnc(C)c1. The van der Waals surface area contributed by atoms with E-state index in [2.05, 4.69) is 4.98 Å². The van der Waals surface area contributed by atoms with Gasteiger partial charge in [0, 0.05) is 16.8 Å². The Labute approximate surface area is 121 Å². The molecule has 1 aromatic heterocycles. The number of halogens is 2. The molecule has 98 valence electrons. The zero-order valence-electron chi connectivity index (χ0n) is 10.5. The molecule has 0 spiro atoms. The van der Waals surface area contributed by atoms with Gasteiger partial charge in [0.2, 0.25) is 5.78 Å². The molecule has 2 aromatic rings. The van der Waals surface area contributed by atoms with Gasteiger partial charge in [-0.2, -0.15) is 0 Å². The molecule has 0 radical (unpaired) electrons. The molecule has 0 aliphatic carbocycles. The lowest BCUT2D eigenvalue weighted by Crippen LogP contribution is -2.08. The maximum absolute atomic E-state index is 12.5. The summed E-state index contributed by atoms with van der Waals surface area (Å²) < 4.78 is 1.68. The van der Waals surface area contributed by atoms with Crippen molar-refractivity contribution in [2.75, 3.05) is 0 Å². The van der Waals surface area contributed by atoms with Gasteiger partial charge in [-0.3, -0.25) is 4.79 Å². The largest absolute Gasteiger partial charge is 0.303 e. The van der Waals surface area contributed by atoms with E-state index in [0.717, 1.165) is 5.69 Å². The summed E-state index contributed by atoms with van der Waals surface area (Å²) in [6.07, 6.45) is 5.12. The standard InChI is InChI=1S/C14H12Cl2N2O/c1-3-13(18-7-9(2)17-8-18)14(19)11-5-4-10(15)6-12(11)16/h3-8H,1-2H3/b13-3+. The van der Waals surface area contributed by atoms with Crippen LogP contribution in [0.5, 0.6) is 0 Å². The first kappa shape index (κ1) is 13.8. The molecule has 0 bridgehead atoms.